The molecule has 0 bridgehead atoms. The summed E-state index contributed by atoms with van der Waals surface area (Å²) in [5.41, 5.74) is 0.486. The van der Waals surface area contributed by atoms with Crippen LogP contribution in [0, 0.1) is 11.7 Å². The lowest BCUT2D eigenvalue weighted by Gasteiger charge is -2.32. The van der Waals surface area contributed by atoms with Gasteiger partial charge in [-0.1, -0.05) is 16.8 Å². The van der Waals surface area contributed by atoms with Crippen molar-refractivity contribution in [3.63, 3.8) is 0 Å². The Morgan fingerprint density at radius 2 is 2.33 bits per heavy atom. The van der Waals surface area contributed by atoms with Crippen LogP contribution < -0.4 is 10.3 Å². The van der Waals surface area contributed by atoms with Gasteiger partial charge in [0, 0.05) is 13.1 Å². The van der Waals surface area contributed by atoms with Gasteiger partial charge in [-0.05, 0) is 54.6 Å². The van der Waals surface area contributed by atoms with Crippen molar-refractivity contribution in [2.24, 2.45) is 5.92 Å². The SMILES string of the molecule is O=C(C[n+]1cc(=O)o[nH]1)N1CCC[C@@H](CCc2cccc(F)c2)C1. The monoisotopic (exact) mass is 334 g/mol. The number of carbonyl (C=O) groups excluding carboxylic acids is 1. The van der Waals surface area contributed by atoms with Gasteiger partial charge < -0.3 is 4.90 Å². The molecule has 1 N–H and O–H groups in total. The number of hydrogen-bond donors (Lipinski definition) is 1. The Morgan fingerprint density at radius 3 is 3.08 bits per heavy atom. The van der Waals surface area contributed by atoms with Gasteiger partial charge in [0.2, 0.25) is 0 Å². The van der Waals surface area contributed by atoms with Crippen molar-refractivity contribution < 1.29 is 18.4 Å². The molecule has 1 atom stereocenters. The lowest BCUT2D eigenvalue weighted by Crippen LogP contribution is -2.48. The first-order valence-corrected chi connectivity index (χ1v) is 8.20. The first-order chi connectivity index (χ1) is 11.6. The van der Waals surface area contributed by atoms with Crippen LogP contribution in [0.3, 0.4) is 0 Å². The van der Waals surface area contributed by atoms with Crippen molar-refractivity contribution in [3.8, 4) is 0 Å². The lowest BCUT2D eigenvalue weighted by atomic mass is 9.91. The van der Waals surface area contributed by atoms with Gasteiger partial charge in [0.1, 0.15) is 5.82 Å². The van der Waals surface area contributed by atoms with Crippen LogP contribution in [0.1, 0.15) is 24.8 Å². The third kappa shape index (κ3) is 4.31. The summed E-state index contributed by atoms with van der Waals surface area (Å²) in [4.78, 5) is 25.1. The number of aryl methyl sites for hydroxylation is 1. The Hall–Kier alpha value is -2.44. The number of rotatable bonds is 5. The minimum Gasteiger partial charge on any atom is -0.337 e. The molecule has 0 unspecified atom stereocenters. The Kier molecular flexibility index (Phi) is 5.08. The number of carbonyl (C=O) groups is 1. The number of nitrogens with one attached hydrogen (secondary N) is 1. The molecule has 1 amide bonds. The zero-order chi connectivity index (χ0) is 16.9. The number of aromatic nitrogens is 2. The highest BCUT2D eigenvalue weighted by molar-refractivity contribution is 5.74. The molecule has 7 heteroatoms. The predicted molar refractivity (Wildman–Crippen MR) is 83.5 cm³/mol. The average molecular weight is 334 g/mol. The smallest absolute Gasteiger partial charge is 0.337 e. The second-order valence-corrected chi connectivity index (χ2v) is 6.29. The van der Waals surface area contributed by atoms with E-state index in [2.05, 4.69) is 9.79 Å². The third-order valence-corrected chi connectivity index (χ3v) is 4.43. The Balaban J connectivity index is 1.52. The van der Waals surface area contributed by atoms with Gasteiger partial charge in [-0.15, -0.1) is 0 Å². The van der Waals surface area contributed by atoms with Crippen LogP contribution >= 0.6 is 0 Å². The fourth-order valence-electron chi connectivity index (χ4n) is 3.20. The molecule has 1 aromatic heterocycles. The van der Waals surface area contributed by atoms with Crippen molar-refractivity contribution in [1.82, 2.24) is 10.2 Å². The highest BCUT2D eigenvalue weighted by Crippen LogP contribution is 2.22. The predicted octanol–water partition coefficient (Wildman–Crippen LogP) is 1.27. The molecular weight excluding hydrogens is 313 g/mol. The van der Waals surface area contributed by atoms with E-state index in [1.54, 1.807) is 12.1 Å². The second-order valence-electron chi connectivity index (χ2n) is 6.29. The molecule has 1 aromatic carbocycles. The molecule has 1 aliphatic rings. The first-order valence-electron chi connectivity index (χ1n) is 8.20. The van der Waals surface area contributed by atoms with Crippen LogP contribution in [-0.4, -0.2) is 29.2 Å². The summed E-state index contributed by atoms with van der Waals surface area (Å²) in [7, 11) is 0. The summed E-state index contributed by atoms with van der Waals surface area (Å²) >= 11 is 0. The molecule has 3 rings (SSSR count). The zero-order valence-corrected chi connectivity index (χ0v) is 13.4. The van der Waals surface area contributed by atoms with E-state index >= 15 is 0 Å². The van der Waals surface area contributed by atoms with E-state index in [9.17, 15) is 14.0 Å². The van der Waals surface area contributed by atoms with Gasteiger partial charge in [0.15, 0.2) is 0 Å². The van der Waals surface area contributed by atoms with Crippen LogP contribution in [0.15, 0.2) is 39.8 Å². The summed E-state index contributed by atoms with van der Waals surface area (Å²) < 4.78 is 19.1. The molecule has 1 saturated heterocycles. The number of benzene rings is 1. The van der Waals surface area contributed by atoms with Gasteiger partial charge in [-0.3, -0.25) is 9.32 Å². The molecule has 1 fully saturated rings. The van der Waals surface area contributed by atoms with E-state index < -0.39 is 5.63 Å². The van der Waals surface area contributed by atoms with Crippen molar-refractivity contribution in [2.45, 2.75) is 32.2 Å². The summed E-state index contributed by atoms with van der Waals surface area (Å²) in [6.07, 6.45) is 5.02. The average Bonchev–Trinajstić information content (AvgIpc) is 2.98. The molecule has 128 valence electrons. The third-order valence-electron chi connectivity index (χ3n) is 4.43. The highest BCUT2D eigenvalue weighted by Gasteiger charge is 2.26. The number of nitrogens with zero attached hydrogens (tertiary/aromatic N) is 2. The van der Waals surface area contributed by atoms with E-state index in [-0.39, 0.29) is 18.3 Å². The van der Waals surface area contributed by atoms with E-state index in [0.717, 1.165) is 37.8 Å². The minimum absolute atomic E-state index is 0.0347. The minimum atomic E-state index is -0.505. The highest BCUT2D eigenvalue weighted by atomic mass is 19.1. The molecule has 2 aromatic rings. The van der Waals surface area contributed by atoms with Crippen molar-refractivity contribution in [1.29, 1.82) is 0 Å². The van der Waals surface area contributed by atoms with Gasteiger partial charge in [0.05, 0.1) is 0 Å². The number of hydrogen-bond acceptors (Lipinski definition) is 3. The van der Waals surface area contributed by atoms with Crippen LogP contribution in [0.4, 0.5) is 4.39 Å². The topological polar surface area (TPSA) is 70.2 Å². The molecule has 0 spiro atoms. The van der Waals surface area contributed by atoms with Crippen LogP contribution in [0.25, 0.3) is 0 Å². The van der Waals surface area contributed by atoms with Gasteiger partial charge in [-0.2, -0.15) is 0 Å². The van der Waals surface area contributed by atoms with Gasteiger partial charge in [-0.25, -0.2) is 9.18 Å². The Morgan fingerprint density at radius 1 is 1.46 bits per heavy atom. The molecule has 2 heterocycles. The fourth-order valence-corrected chi connectivity index (χ4v) is 3.20. The number of piperidine rings is 1. The van der Waals surface area contributed by atoms with Gasteiger partial charge >= 0.3 is 5.63 Å². The number of aromatic amines is 1. The normalized spacial score (nSPS) is 17.9. The second kappa shape index (κ2) is 7.42. The van der Waals surface area contributed by atoms with E-state index in [1.807, 2.05) is 11.0 Å². The van der Waals surface area contributed by atoms with Crippen molar-refractivity contribution >= 4 is 5.91 Å². The lowest BCUT2D eigenvalue weighted by molar-refractivity contribution is -0.751. The molecule has 0 aliphatic carbocycles. The van der Waals surface area contributed by atoms with Gasteiger partial charge in [0.25, 0.3) is 18.6 Å². The number of H-pyrrole nitrogens is 1. The van der Waals surface area contributed by atoms with Crippen molar-refractivity contribution in [3.05, 3.63) is 52.3 Å². The summed E-state index contributed by atoms with van der Waals surface area (Å²) in [5.74, 6) is 0.172. The molecule has 24 heavy (non-hydrogen) atoms. The molecule has 0 saturated carbocycles. The maximum absolute atomic E-state index is 13.2. The van der Waals surface area contributed by atoms with E-state index in [1.165, 1.54) is 16.9 Å². The van der Waals surface area contributed by atoms with E-state index in [0.29, 0.717) is 12.5 Å². The molecular formula is C17H21FN3O3+. The molecule has 1 aliphatic heterocycles. The maximum atomic E-state index is 13.2. The first kappa shape index (κ1) is 16.4. The molecule has 6 nitrogen and oxygen atoms in total. The Labute approximate surface area is 138 Å². The standard InChI is InChI=1S/C17H20FN3O3/c18-15-5-1-3-13(9-15)6-7-14-4-2-8-20(10-14)16(22)11-21-12-17(23)24-19-21/h1,3,5,9,12,14H,2,4,6-8,10-11H2/p+1/t14-/m0/s1. The zero-order valence-electron chi connectivity index (χ0n) is 13.4. The Bertz CT molecular complexity index is 755. The molecule has 0 radical (unpaired) electrons. The largest absolute Gasteiger partial charge is 0.426 e. The van der Waals surface area contributed by atoms with Crippen LogP contribution in [-0.2, 0) is 17.8 Å². The summed E-state index contributed by atoms with van der Waals surface area (Å²) in [6.45, 7) is 1.51. The van der Waals surface area contributed by atoms with Crippen LogP contribution in [0.5, 0.6) is 0 Å². The van der Waals surface area contributed by atoms with E-state index in [4.69, 9.17) is 0 Å². The quantitative estimate of drug-likeness (QED) is 0.837. The van der Waals surface area contributed by atoms with Crippen LogP contribution in [0.2, 0.25) is 0 Å². The fraction of sp³-hybridized carbons (Fsp3) is 0.471. The summed E-state index contributed by atoms with van der Waals surface area (Å²) in [5, 5.41) is 2.38. The van der Waals surface area contributed by atoms with Crippen molar-refractivity contribution in [2.75, 3.05) is 13.1 Å². The maximum Gasteiger partial charge on any atom is 0.426 e. The number of halogens is 1. The number of amides is 1. The summed E-state index contributed by atoms with van der Waals surface area (Å²) in [6, 6.07) is 6.67. The number of likely N-dealkylation sites (tertiary alicyclic amines) is 1.